The summed E-state index contributed by atoms with van der Waals surface area (Å²) in [6.45, 7) is 4.39. The molecule has 1 amide bonds. The van der Waals surface area contributed by atoms with Crippen LogP contribution < -0.4 is 15.4 Å². The Bertz CT molecular complexity index is 652. The zero-order valence-electron chi connectivity index (χ0n) is 16.6. The number of carbonyl (C=O) groups excluding carboxylic acids is 1. The molecule has 4 N–H and O–H groups in total. The number of benzene rings is 1. The van der Waals surface area contributed by atoms with Crippen molar-refractivity contribution in [3.63, 3.8) is 0 Å². The topological polar surface area (TPSA) is 125 Å². The smallest absolute Gasteiger partial charge is 0.414 e. The lowest BCUT2D eigenvalue weighted by Gasteiger charge is -2.32. The third-order valence-electron chi connectivity index (χ3n) is 4.67. The van der Waals surface area contributed by atoms with Gasteiger partial charge in [0.25, 0.3) is 0 Å². The molecule has 3 unspecified atom stereocenters. The standard InChI is InChI=1S/C18H28N2O2.C2H2O4/c1-13-8-4-5-9-15(13)19-14(2)12-18(21)20-16-10-6-7-11-17(16)22-3;3-1(4)2(5)6/h6-7,10-11,13-15,19H,4-5,8-9,12H2,1-3H3,(H,20,21);(H,3,4)(H,5,6). The molecule has 0 heterocycles. The first-order valence-electron chi connectivity index (χ1n) is 9.39. The molecular formula is C20H30N2O6. The van der Waals surface area contributed by atoms with E-state index in [4.69, 9.17) is 24.5 Å². The predicted octanol–water partition coefficient (Wildman–Crippen LogP) is 2.74. The molecule has 1 aliphatic carbocycles. The number of carboxylic acids is 2. The van der Waals surface area contributed by atoms with Crippen molar-refractivity contribution in [2.45, 2.75) is 58.0 Å². The van der Waals surface area contributed by atoms with Crippen molar-refractivity contribution in [2.24, 2.45) is 5.92 Å². The Balaban J connectivity index is 0.000000568. The summed E-state index contributed by atoms with van der Waals surface area (Å²) in [5, 5.41) is 21.3. The fourth-order valence-corrected chi connectivity index (χ4v) is 3.22. The van der Waals surface area contributed by atoms with Crippen LogP contribution in [0.4, 0.5) is 5.69 Å². The molecule has 8 nitrogen and oxygen atoms in total. The molecule has 2 rings (SSSR count). The van der Waals surface area contributed by atoms with Gasteiger partial charge in [-0.3, -0.25) is 4.79 Å². The number of hydrogen-bond acceptors (Lipinski definition) is 5. The number of amides is 1. The second-order valence-electron chi connectivity index (χ2n) is 7.00. The molecule has 3 atom stereocenters. The van der Waals surface area contributed by atoms with Gasteiger partial charge in [-0.25, -0.2) is 9.59 Å². The van der Waals surface area contributed by atoms with Crippen LogP contribution in [0.2, 0.25) is 0 Å². The first kappa shape index (κ1) is 23.4. The van der Waals surface area contributed by atoms with Gasteiger partial charge < -0.3 is 25.6 Å². The summed E-state index contributed by atoms with van der Waals surface area (Å²) < 4.78 is 5.26. The van der Waals surface area contributed by atoms with Crippen LogP contribution in [0.5, 0.6) is 5.75 Å². The fraction of sp³-hybridized carbons (Fsp3) is 0.550. The highest BCUT2D eigenvalue weighted by Crippen LogP contribution is 2.25. The van der Waals surface area contributed by atoms with Crippen LogP contribution in [-0.4, -0.2) is 47.3 Å². The van der Waals surface area contributed by atoms with E-state index in [0.717, 1.165) is 5.69 Å². The number of hydrogen-bond donors (Lipinski definition) is 4. The minimum Gasteiger partial charge on any atom is -0.495 e. The Morgan fingerprint density at radius 3 is 2.32 bits per heavy atom. The van der Waals surface area contributed by atoms with Gasteiger partial charge in [-0.2, -0.15) is 0 Å². The number of nitrogens with one attached hydrogen (secondary N) is 2. The van der Waals surface area contributed by atoms with Gasteiger partial charge >= 0.3 is 11.9 Å². The summed E-state index contributed by atoms with van der Waals surface area (Å²) in [6, 6.07) is 8.22. The zero-order valence-corrected chi connectivity index (χ0v) is 16.6. The number of aliphatic carboxylic acids is 2. The molecule has 1 aromatic rings. The molecule has 1 aromatic carbocycles. The highest BCUT2D eigenvalue weighted by molar-refractivity contribution is 6.27. The van der Waals surface area contributed by atoms with Gasteiger partial charge in [-0.05, 0) is 37.8 Å². The lowest BCUT2D eigenvalue weighted by atomic mass is 9.85. The van der Waals surface area contributed by atoms with Gasteiger partial charge in [0.2, 0.25) is 5.91 Å². The van der Waals surface area contributed by atoms with Gasteiger partial charge in [-0.15, -0.1) is 0 Å². The Labute approximate surface area is 165 Å². The van der Waals surface area contributed by atoms with Crippen LogP contribution in [0.15, 0.2) is 24.3 Å². The summed E-state index contributed by atoms with van der Waals surface area (Å²) in [6.07, 6.45) is 5.61. The Kier molecular flexibility index (Phi) is 10.0. The molecule has 28 heavy (non-hydrogen) atoms. The van der Waals surface area contributed by atoms with Gasteiger partial charge in [-0.1, -0.05) is 31.9 Å². The van der Waals surface area contributed by atoms with E-state index < -0.39 is 11.9 Å². The number of ether oxygens (including phenoxy) is 1. The molecule has 0 saturated heterocycles. The van der Waals surface area contributed by atoms with Crippen LogP contribution in [-0.2, 0) is 14.4 Å². The molecule has 0 aliphatic heterocycles. The summed E-state index contributed by atoms with van der Waals surface area (Å²) in [4.78, 5) is 30.4. The minimum absolute atomic E-state index is 0.0213. The second kappa shape index (κ2) is 12.0. The predicted molar refractivity (Wildman–Crippen MR) is 106 cm³/mol. The highest BCUT2D eigenvalue weighted by atomic mass is 16.5. The summed E-state index contributed by atoms with van der Waals surface area (Å²) in [5.41, 5.74) is 0.730. The molecule has 1 aliphatic rings. The molecule has 156 valence electrons. The number of methoxy groups -OCH3 is 1. The van der Waals surface area contributed by atoms with Crippen molar-refractivity contribution in [3.05, 3.63) is 24.3 Å². The van der Waals surface area contributed by atoms with E-state index in [-0.39, 0.29) is 11.9 Å². The van der Waals surface area contributed by atoms with Crippen LogP contribution in [0.3, 0.4) is 0 Å². The third-order valence-corrected chi connectivity index (χ3v) is 4.67. The lowest BCUT2D eigenvalue weighted by molar-refractivity contribution is -0.159. The third kappa shape index (κ3) is 8.39. The van der Waals surface area contributed by atoms with E-state index in [1.165, 1.54) is 25.7 Å². The maximum atomic E-state index is 12.2. The molecule has 8 heteroatoms. The minimum atomic E-state index is -1.82. The molecule has 0 aromatic heterocycles. The van der Waals surface area contributed by atoms with Crippen molar-refractivity contribution < 1.29 is 29.3 Å². The summed E-state index contributed by atoms with van der Waals surface area (Å²) in [7, 11) is 1.61. The van der Waals surface area contributed by atoms with Crippen LogP contribution >= 0.6 is 0 Å². The number of anilines is 1. The average molecular weight is 394 g/mol. The zero-order chi connectivity index (χ0) is 21.1. The van der Waals surface area contributed by atoms with Crippen molar-refractivity contribution in [3.8, 4) is 5.75 Å². The van der Waals surface area contributed by atoms with Crippen LogP contribution in [0.1, 0.15) is 46.0 Å². The number of para-hydroxylation sites is 2. The van der Waals surface area contributed by atoms with Crippen molar-refractivity contribution in [2.75, 3.05) is 12.4 Å². The Hall–Kier alpha value is -2.61. The maximum absolute atomic E-state index is 12.2. The molecule has 0 bridgehead atoms. The lowest BCUT2D eigenvalue weighted by Crippen LogP contribution is -2.43. The number of rotatable bonds is 6. The van der Waals surface area contributed by atoms with Crippen molar-refractivity contribution in [1.82, 2.24) is 5.32 Å². The largest absolute Gasteiger partial charge is 0.495 e. The first-order valence-corrected chi connectivity index (χ1v) is 9.39. The van der Waals surface area contributed by atoms with E-state index in [0.29, 0.717) is 24.1 Å². The molecule has 1 saturated carbocycles. The van der Waals surface area contributed by atoms with E-state index in [1.54, 1.807) is 7.11 Å². The molecule has 1 fully saturated rings. The SMILES string of the molecule is COc1ccccc1NC(=O)CC(C)NC1CCCCC1C.O=C(O)C(=O)O. The Morgan fingerprint density at radius 1 is 1.14 bits per heavy atom. The fourth-order valence-electron chi connectivity index (χ4n) is 3.22. The van der Waals surface area contributed by atoms with Crippen LogP contribution in [0.25, 0.3) is 0 Å². The molecule has 0 spiro atoms. The number of carbonyl (C=O) groups is 3. The second-order valence-corrected chi connectivity index (χ2v) is 7.00. The highest BCUT2D eigenvalue weighted by Gasteiger charge is 2.23. The summed E-state index contributed by atoms with van der Waals surface area (Å²) in [5.74, 6) is -2.23. The normalized spacial score (nSPS) is 19.5. The molecular weight excluding hydrogens is 364 g/mol. The van der Waals surface area contributed by atoms with Gasteiger partial charge in [0.15, 0.2) is 0 Å². The average Bonchev–Trinajstić information content (AvgIpc) is 2.64. The van der Waals surface area contributed by atoms with Gasteiger partial charge in [0.1, 0.15) is 5.75 Å². The Morgan fingerprint density at radius 2 is 1.75 bits per heavy atom. The van der Waals surface area contributed by atoms with E-state index in [1.807, 2.05) is 24.3 Å². The van der Waals surface area contributed by atoms with Crippen molar-refractivity contribution >= 4 is 23.5 Å². The van der Waals surface area contributed by atoms with E-state index in [2.05, 4.69) is 24.5 Å². The van der Waals surface area contributed by atoms with Gasteiger partial charge in [0.05, 0.1) is 12.8 Å². The van der Waals surface area contributed by atoms with Gasteiger partial charge in [0, 0.05) is 18.5 Å². The first-order chi connectivity index (χ1) is 13.2. The summed E-state index contributed by atoms with van der Waals surface area (Å²) >= 11 is 0. The maximum Gasteiger partial charge on any atom is 0.414 e. The number of carboxylic acid groups (broad SMARTS) is 2. The van der Waals surface area contributed by atoms with E-state index >= 15 is 0 Å². The quantitative estimate of drug-likeness (QED) is 0.547. The monoisotopic (exact) mass is 394 g/mol. The van der Waals surface area contributed by atoms with Crippen molar-refractivity contribution in [1.29, 1.82) is 0 Å². The van der Waals surface area contributed by atoms with E-state index in [9.17, 15) is 4.79 Å². The molecule has 0 radical (unpaired) electrons. The van der Waals surface area contributed by atoms with Crippen LogP contribution in [0, 0.1) is 5.92 Å².